The first-order valence-corrected chi connectivity index (χ1v) is 6.47. The zero-order valence-electron chi connectivity index (χ0n) is 8.27. The van der Waals surface area contributed by atoms with Crippen LogP contribution in [0.15, 0.2) is 10.5 Å². The van der Waals surface area contributed by atoms with Gasteiger partial charge in [-0.3, -0.25) is 4.79 Å². The molecule has 0 aliphatic rings. The number of thiophene rings is 1. The van der Waals surface area contributed by atoms with Crippen LogP contribution in [0.4, 0.5) is 0 Å². The molecule has 3 nitrogen and oxygen atoms in total. The fraction of sp³-hybridized carbons (Fsp3) is 0.444. The van der Waals surface area contributed by atoms with Crippen LogP contribution >= 0.6 is 38.9 Å². The normalized spacial score (nSPS) is 10.3. The second-order valence-corrected chi connectivity index (χ2v) is 5.53. The van der Waals surface area contributed by atoms with Crippen molar-refractivity contribution in [2.45, 2.75) is 13.0 Å². The fourth-order valence-electron chi connectivity index (χ4n) is 1.02. The minimum absolute atomic E-state index is 0.0490. The van der Waals surface area contributed by atoms with Gasteiger partial charge in [-0.25, -0.2) is 0 Å². The molecule has 0 spiro atoms. The number of rotatable bonds is 5. The number of carbonyl (C=O) groups excluding carboxylic acids is 1. The lowest BCUT2D eigenvalue weighted by atomic mass is 10.4. The van der Waals surface area contributed by atoms with E-state index in [2.05, 4.69) is 26.6 Å². The van der Waals surface area contributed by atoms with Crippen LogP contribution in [0, 0.1) is 0 Å². The van der Waals surface area contributed by atoms with Gasteiger partial charge < -0.3 is 10.6 Å². The van der Waals surface area contributed by atoms with E-state index in [4.69, 9.17) is 11.6 Å². The molecule has 1 amide bonds. The van der Waals surface area contributed by atoms with E-state index >= 15 is 0 Å². The van der Waals surface area contributed by atoms with Crippen LogP contribution in [-0.2, 0) is 11.3 Å². The Hall–Kier alpha value is -0.100. The van der Waals surface area contributed by atoms with Gasteiger partial charge in [0.05, 0.1) is 0 Å². The average Bonchev–Trinajstić information content (AvgIpc) is 2.53. The standard InChI is InChI=1S/C9H12BrClN2OS/c1-12-8(14)2-3-13-5-6-4-7(10)9(11)15-6/h4,13H,2-3,5H2,1H3,(H,12,14). The summed E-state index contributed by atoms with van der Waals surface area (Å²) in [6.07, 6.45) is 0.497. The highest BCUT2D eigenvalue weighted by atomic mass is 79.9. The summed E-state index contributed by atoms with van der Waals surface area (Å²) < 4.78 is 1.69. The van der Waals surface area contributed by atoms with Gasteiger partial charge in [-0.15, -0.1) is 11.3 Å². The van der Waals surface area contributed by atoms with Gasteiger partial charge in [-0.05, 0) is 22.0 Å². The van der Waals surface area contributed by atoms with Gasteiger partial charge in [0.1, 0.15) is 4.34 Å². The molecular weight excluding hydrogens is 300 g/mol. The molecule has 0 unspecified atom stereocenters. The number of hydrogen-bond donors (Lipinski definition) is 2. The van der Waals surface area contributed by atoms with Gasteiger partial charge in [0.15, 0.2) is 0 Å². The Morgan fingerprint density at radius 1 is 1.67 bits per heavy atom. The first kappa shape index (κ1) is 13.0. The third-order valence-corrected chi connectivity index (χ3v) is 4.28. The van der Waals surface area contributed by atoms with Crippen molar-refractivity contribution in [3.63, 3.8) is 0 Å². The van der Waals surface area contributed by atoms with Crippen molar-refractivity contribution in [3.05, 3.63) is 19.8 Å². The minimum Gasteiger partial charge on any atom is -0.359 e. The summed E-state index contributed by atoms with van der Waals surface area (Å²) in [5.41, 5.74) is 0. The van der Waals surface area contributed by atoms with Crippen molar-refractivity contribution in [1.29, 1.82) is 0 Å². The highest BCUT2D eigenvalue weighted by Crippen LogP contribution is 2.31. The third-order valence-electron chi connectivity index (χ3n) is 1.80. The van der Waals surface area contributed by atoms with Crippen molar-refractivity contribution < 1.29 is 4.79 Å². The molecule has 0 fully saturated rings. The zero-order chi connectivity index (χ0) is 11.3. The molecule has 0 radical (unpaired) electrons. The SMILES string of the molecule is CNC(=O)CCNCc1cc(Br)c(Cl)s1. The lowest BCUT2D eigenvalue weighted by Crippen LogP contribution is -2.24. The van der Waals surface area contributed by atoms with Crippen LogP contribution in [0.25, 0.3) is 0 Å². The second-order valence-electron chi connectivity index (χ2n) is 2.93. The monoisotopic (exact) mass is 310 g/mol. The van der Waals surface area contributed by atoms with Gasteiger partial charge in [-0.2, -0.15) is 0 Å². The van der Waals surface area contributed by atoms with E-state index in [-0.39, 0.29) is 5.91 Å². The molecule has 1 aromatic rings. The predicted octanol–water partition coefficient (Wildman–Crippen LogP) is 2.39. The topological polar surface area (TPSA) is 41.1 Å². The molecule has 0 aromatic carbocycles. The molecule has 0 aliphatic heterocycles. The van der Waals surface area contributed by atoms with Crippen molar-refractivity contribution in [1.82, 2.24) is 10.6 Å². The van der Waals surface area contributed by atoms with E-state index in [9.17, 15) is 4.79 Å². The molecule has 1 rings (SSSR count). The maximum atomic E-state index is 10.9. The first-order valence-electron chi connectivity index (χ1n) is 4.48. The Balaban J connectivity index is 2.23. The number of hydrogen-bond acceptors (Lipinski definition) is 3. The smallest absolute Gasteiger partial charge is 0.221 e. The molecule has 0 atom stereocenters. The van der Waals surface area contributed by atoms with Crippen molar-refractivity contribution in [2.24, 2.45) is 0 Å². The van der Waals surface area contributed by atoms with E-state index in [1.807, 2.05) is 6.07 Å². The van der Waals surface area contributed by atoms with Crippen molar-refractivity contribution in [3.8, 4) is 0 Å². The minimum atomic E-state index is 0.0490. The number of amides is 1. The largest absolute Gasteiger partial charge is 0.359 e. The van der Waals surface area contributed by atoms with Gasteiger partial charge in [0, 0.05) is 35.9 Å². The molecular formula is C9H12BrClN2OS. The van der Waals surface area contributed by atoms with Gasteiger partial charge in [-0.1, -0.05) is 11.6 Å². The van der Waals surface area contributed by atoms with E-state index < -0.39 is 0 Å². The highest BCUT2D eigenvalue weighted by molar-refractivity contribution is 9.10. The lowest BCUT2D eigenvalue weighted by molar-refractivity contribution is -0.120. The van der Waals surface area contributed by atoms with Crippen molar-refractivity contribution >= 4 is 44.8 Å². The highest BCUT2D eigenvalue weighted by Gasteiger charge is 2.04. The summed E-state index contributed by atoms with van der Waals surface area (Å²) >= 11 is 10.8. The maximum Gasteiger partial charge on any atom is 0.221 e. The zero-order valence-corrected chi connectivity index (χ0v) is 11.4. The van der Waals surface area contributed by atoms with Crippen LogP contribution in [0.3, 0.4) is 0 Å². The van der Waals surface area contributed by atoms with E-state index in [1.165, 1.54) is 11.3 Å². The predicted molar refractivity (Wildman–Crippen MR) is 67.4 cm³/mol. The van der Waals surface area contributed by atoms with Crippen LogP contribution in [0.5, 0.6) is 0 Å². The second kappa shape index (κ2) is 6.48. The summed E-state index contributed by atoms with van der Waals surface area (Å²) in [6, 6.07) is 1.99. The Kier molecular flexibility index (Phi) is 5.60. The van der Waals surface area contributed by atoms with Crippen LogP contribution in [0.2, 0.25) is 4.34 Å². The van der Waals surface area contributed by atoms with Gasteiger partial charge >= 0.3 is 0 Å². The Morgan fingerprint density at radius 2 is 2.40 bits per heavy atom. The third kappa shape index (κ3) is 4.51. The Labute approximate surface area is 106 Å². The number of nitrogens with one attached hydrogen (secondary N) is 2. The summed E-state index contributed by atoms with van der Waals surface area (Å²) in [7, 11) is 1.64. The molecule has 0 aliphatic carbocycles. The van der Waals surface area contributed by atoms with Crippen LogP contribution in [0.1, 0.15) is 11.3 Å². The number of halogens is 2. The fourth-order valence-corrected chi connectivity index (χ4v) is 2.78. The van der Waals surface area contributed by atoms with Crippen LogP contribution < -0.4 is 10.6 Å². The van der Waals surface area contributed by atoms with Gasteiger partial charge in [0.25, 0.3) is 0 Å². The molecule has 0 bridgehead atoms. The molecule has 0 saturated carbocycles. The molecule has 0 saturated heterocycles. The Morgan fingerprint density at radius 3 is 2.93 bits per heavy atom. The molecule has 84 valence electrons. The lowest BCUT2D eigenvalue weighted by Gasteiger charge is -2.01. The van der Waals surface area contributed by atoms with Crippen molar-refractivity contribution in [2.75, 3.05) is 13.6 Å². The molecule has 2 N–H and O–H groups in total. The van der Waals surface area contributed by atoms with E-state index in [0.717, 1.165) is 20.2 Å². The summed E-state index contributed by atoms with van der Waals surface area (Å²) in [6.45, 7) is 1.42. The quantitative estimate of drug-likeness (QED) is 0.820. The molecule has 1 heterocycles. The number of carbonyl (C=O) groups is 1. The molecule has 15 heavy (non-hydrogen) atoms. The van der Waals surface area contributed by atoms with E-state index in [1.54, 1.807) is 7.05 Å². The maximum absolute atomic E-state index is 10.9. The molecule has 6 heteroatoms. The Bertz CT molecular complexity index is 323. The van der Waals surface area contributed by atoms with Crippen LogP contribution in [-0.4, -0.2) is 19.5 Å². The molecule has 1 aromatic heterocycles. The summed E-state index contributed by atoms with van der Waals surface area (Å²) in [5.74, 6) is 0.0490. The summed E-state index contributed by atoms with van der Waals surface area (Å²) in [5, 5.41) is 5.75. The average molecular weight is 312 g/mol. The summed E-state index contributed by atoms with van der Waals surface area (Å²) in [4.78, 5) is 12.1. The van der Waals surface area contributed by atoms with E-state index in [0.29, 0.717) is 13.0 Å². The first-order chi connectivity index (χ1) is 7.13. The van der Waals surface area contributed by atoms with Gasteiger partial charge in [0.2, 0.25) is 5.91 Å².